The SMILES string of the molecule is CSCCNC(=O)c1c(C)ccn(C2CCNCC2)c1=O. The predicted molar refractivity (Wildman–Crippen MR) is 87.3 cm³/mol. The summed E-state index contributed by atoms with van der Waals surface area (Å²) in [6.07, 6.45) is 5.67. The highest BCUT2D eigenvalue weighted by Gasteiger charge is 2.20. The van der Waals surface area contributed by atoms with Crippen molar-refractivity contribution in [3.05, 3.63) is 33.7 Å². The topological polar surface area (TPSA) is 63.1 Å². The second kappa shape index (κ2) is 7.66. The zero-order valence-electron chi connectivity index (χ0n) is 12.6. The lowest BCUT2D eigenvalue weighted by Gasteiger charge is -2.25. The van der Waals surface area contributed by atoms with Crippen LogP contribution in [0.4, 0.5) is 0 Å². The Morgan fingerprint density at radius 2 is 2.19 bits per heavy atom. The largest absolute Gasteiger partial charge is 0.351 e. The van der Waals surface area contributed by atoms with Gasteiger partial charge in [-0.05, 0) is 50.7 Å². The number of thioether (sulfide) groups is 1. The summed E-state index contributed by atoms with van der Waals surface area (Å²) >= 11 is 1.67. The van der Waals surface area contributed by atoms with E-state index in [0.717, 1.165) is 37.2 Å². The summed E-state index contributed by atoms with van der Waals surface area (Å²) < 4.78 is 1.73. The van der Waals surface area contributed by atoms with Gasteiger partial charge in [-0.2, -0.15) is 11.8 Å². The molecule has 0 aromatic carbocycles. The number of aromatic nitrogens is 1. The van der Waals surface area contributed by atoms with E-state index in [0.29, 0.717) is 6.54 Å². The van der Waals surface area contributed by atoms with Crippen LogP contribution in [0.25, 0.3) is 0 Å². The van der Waals surface area contributed by atoms with Gasteiger partial charge in [0.15, 0.2) is 0 Å². The molecule has 1 aliphatic heterocycles. The lowest BCUT2D eigenvalue weighted by Crippen LogP contribution is -2.38. The molecule has 1 aromatic rings. The molecular formula is C15H23N3O2S. The molecule has 0 aliphatic carbocycles. The summed E-state index contributed by atoms with van der Waals surface area (Å²) in [4.78, 5) is 24.9. The lowest BCUT2D eigenvalue weighted by atomic mass is 10.0. The minimum atomic E-state index is -0.255. The normalized spacial score (nSPS) is 15.9. The van der Waals surface area contributed by atoms with Gasteiger partial charge >= 0.3 is 0 Å². The number of carbonyl (C=O) groups is 1. The second-order valence-electron chi connectivity index (χ2n) is 5.32. The van der Waals surface area contributed by atoms with Crippen molar-refractivity contribution >= 4 is 17.7 Å². The molecule has 0 unspecified atom stereocenters. The third-order valence-electron chi connectivity index (χ3n) is 3.85. The Bertz CT molecular complexity index is 550. The summed E-state index contributed by atoms with van der Waals surface area (Å²) in [6.45, 7) is 4.24. The number of carbonyl (C=O) groups excluding carboxylic acids is 1. The Hall–Kier alpha value is -1.27. The first-order valence-electron chi connectivity index (χ1n) is 7.34. The molecular weight excluding hydrogens is 286 g/mol. The summed E-state index contributed by atoms with van der Waals surface area (Å²) in [5, 5.41) is 6.12. The average molecular weight is 309 g/mol. The van der Waals surface area contributed by atoms with Crippen molar-refractivity contribution in [2.75, 3.05) is 31.6 Å². The first kappa shape index (κ1) is 16.1. The minimum absolute atomic E-state index is 0.163. The van der Waals surface area contributed by atoms with Crippen molar-refractivity contribution in [2.45, 2.75) is 25.8 Å². The summed E-state index contributed by atoms with van der Waals surface area (Å²) in [7, 11) is 0. The first-order valence-corrected chi connectivity index (χ1v) is 8.74. The summed E-state index contributed by atoms with van der Waals surface area (Å²) in [5.41, 5.74) is 0.868. The number of hydrogen-bond acceptors (Lipinski definition) is 4. The third kappa shape index (κ3) is 3.89. The molecule has 5 nitrogen and oxygen atoms in total. The van der Waals surface area contributed by atoms with Gasteiger partial charge in [-0.15, -0.1) is 0 Å². The molecule has 0 atom stereocenters. The highest BCUT2D eigenvalue weighted by atomic mass is 32.2. The van der Waals surface area contributed by atoms with E-state index < -0.39 is 0 Å². The third-order valence-corrected chi connectivity index (χ3v) is 4.46. The molecule has 1 amide bonds. The van der Waals surface area contributed by atoms with Crippen molar-refractivity contribution in [3.63, 3.8) is 0 Å². The number of hydrogen-bond donors (Lipinski definition) is 2. The lowest BCUT2D eigenvalue weighted by molar-refractivity contribution is 0.0953. The Balaban J connectivity index is 2.24. The Labute approximate surface area is 129 Å². The van der Waals surface area contributed by atoms with Crippen LogP contribution >= 0.6 is 11.8 Å². The summed E-state index contributed by atoms with van der Waals surface area (Å²) in [5.74, 6) is 0.593. The molecule has 6 heteroatoms. The fourth-order valence-electron chi connectivity index (χ4n) is 2.64. The predicted octanol–water partition coefficient (Wildman–Crippen LogP) is 1.17. The molecule has 1 aliphatic rings. The van der Waals surface area contributed by atoms with Crippen molar-refractivity contribution in [1.29, 1.82) is 0 Å². The van der Waals surface area contributed by atoms with E-state index in [1.807, 2.05) is 25.4 Å². The van der Waals surface area contributed by atoms with Crippen LogP contribution < -0.4 is 16.2 Å². The van der Waals surface area contributed by atoms with Crippen molar-refractivity contribution in [2.24, 2.45) is 0 Å². The number of nitrogens with one attached hydrogen (secondary N) is 2. The highest BCUT2D eigenvalue weighted by Crippen LogP contribution is 2.17. The van der Waals surface area contributed by atoms with Gasteiger partial charge in [-0.25, -0.2) is 0 Å². The maximum Gasteiger partial charge on any atom is 0.263 e. The fourth-order valence-corrected chi connectivity index (χ4v) is 2.95. The monoisotopic (exact) mass is 309 g/mol. The first-order chi connectivity index (χ1) is 10.1. The van der Waals surface area contributed by atoms with Gasteiger partial charge in [0.1, 0.15) is 5.56 Å². The van der Waals surface area contributed by atoms with Gasteiger partial charge in [0.05, 0.1) is 0 Å². The van der Waals surface area contributed by atoms with Gasteiger partial charge in [0, 0.05) is 24.5 Å². The molecule has 1 saturated heterocycles. The van der Waals surface area contributed by atoms with E-state index in [-0.39, 0.29) is 23.1 Å². The van der Waals surface area contributed by atoms with E-state index >= 15 is 0 Å². The van der Waals surface area contributed by atoms with Crippen LogP contribution in [0.15, 0.2) is 17.1 Å². The fraction of sp³-hybridized carbons (Fsp3) is 0.600. The van der Waals surface area contributed by atoms with Gasteiger partial charge in [0.2, 0.25) is 0 Å². The molecule has 1 aromatic heterocycles. The van der Waals surface area contributed by atoms with Crippen LogP contribution in [-0.2, 0) is 0 Å². The smallest absolute Gasteiger partial charge is 0.263 e. The molecule has 0 saturated carbocycles. The van der Waals surface area contributed by atoms with Crippen molar-refractivity contribution in [1.82, 2.24) is 15.2 Å². The van der Waals surface area contributed by atoms with Gasteiger partial charge < -0.3 is 15.2 Å². The van der Waals surface area contributed by atoms with Crippen LogP contribution in [0, 0.1) is 6.92 Å². The molecule has 2 N–H and O–H groups in total. The molecule has 0 radical (unpaired) electrons. The molecule has 2 rings (SSSR count). The standard InChI is InChI=1S/C15H23N3O2S/c1-11-5-9-18(12-3-6-16-7-4-12)15(20)13(11)14(19)17-8-10-21-2/h5,9,12,16H,3-4,6-8,10H2,1-2H3,(H,17,19). The molecule has 21 heavy (non-hydrogen) atoms. The van der Waals surface area contributed by atoms with E-state index in [2.05, 4.69) is 10.6 Å². The number of piperidine rings is 1. The zero-order chi connectivity index (χ0) is 15.2. The van der Waals surface area contributed by atoms with Crippen molar-refractivity contribution in [3.8, 4) is 0 Å². The Morgan fingerprint density at radius 1 is 1.48 bits per heavy atom. The maximum absolute atomic E-state index is 12.6. The van der Waals surface area contributed by atoms with Crippen LogP contribution in [-0.4, -0.2) is 42.1 Å². The van der Waals surface area contributed by atoms with Crippen molar-refractivity contribution < 1.29 is 4.79 Å². The Morgan fingerprint density at radius 3 is 2.86 bits per heavy atom. The number of amides is 1. The van der Waals surface area contributed by atoms with Crippen LogP contribution in [0.1, 0.15) is 34.8 Å². The van der Waals surface area contributed by atoms with Crippen LogP contribution in [0.2, 0.25) is 0 Å². The molecule has 1 fully saturated rings. The van der Waals surface area contributed by atoms with Crippen LogP contribution in [0.3, 0.4) is 0 Å². The number of aryl methyl sites for hydroxylation is 1. The van der Waals surface area contributed by atoms with E-state index in [9.17, 15) is 9.59 Å². The van der Waals surface area contributed by atoms with Gasteiger partial charge in [0.25, 0.3) is 11.5 Å². The maximum atomic E-state index is 12.6. The van der Waals surface area contributed by atoms with E-state index in [1.165, 1.54) is 0 Å². The van der Waals surface area contributed by atoms with Crippen LogP contribution in [0.5, 0.6) is 0 Å². The molecule has 0 bridgehead atoms. The van der Waals surface area contributed by atoms with Gasteiger partial charge in [-0.1, -0.05) is 0 Å². The highest BCUT2D eigenvalue weighted by molar-refractivity contribution is 7.98. The Kier molecular flexibility index (Phi) is 5.87. The van der Waals surface area contributed by atoms with Gasteiger partial charge in [-0.3, -0.25) is 9.59 Å². The number of nitrogens with zero attached hydrogens (tertiary/aromatic N) is 1. The quantitative estimate of drug-likeness (QED) is 0.802. The molecule has 116 valence electrons. The number of rotatable bonds is 5. The zero-order valence-corrected chi connectivity index (χ0v) is 13.5. The van der Waals surface area contributed by atoms with E-state index in [4.69, 9.17) is 0 Å². The molecule has 0 spiro atoms. The van der Waals surface area contributed by atoms with E-state index in [1.54, 1.807) is 16.3 Å². The number of pyridine rings is 1. The molecule has 2 heterocycles. The minimum Gasteiger partial charge on any atom is -0.351 e. The second-order valence-corrected chi connectivity index (χ2v) is 6.30. The average Bonchev–Trinajstić information content (AvgIpc) is 2.48. The summed E-state index contributed by atoms with van der Waals surface area (Å²) in [6, 6.07) is 2.06.